The summed E-state index contributed by atoms with van der Waals surface area (Å²) in [6, 6.07) is 9.50. The molecule has 0 aliphatic rings. The monoisotopic (exact) mass is 273 g/mol. The Balaban J connectivity index is 2.25. The zero-order valence-electron chi connectivity index (χ0n) is 11.7. The average Bonchev–Trinajstić information content (AvgIpc) is 2.41. The van der Waals surface area contributed by atoms with E-state index in [-0.39, 0.29) is 5.95 Å². The highest BCUT2D eigenvalue weighted by molar-refractivity contribution is 5.66. The number of nitrogens with zero attached hydrogens (tertiary/aromatic N) is 2. The lowest BCUT2D eigenvalue weighted by Gasteiger charge is -2.12. The molecule has 6 nitrogen and oxygen atoms in total. The van der Waals surface area contributed by atoms with Crippen molar-refractivity contribution in [3.63, 3.8) is 0 Å². The van der Waals surface area contributed by atoms with Crippen molar-refractivity contribution in [1.82, 2.24) is 9.97 Å². The molecule has 4 N–H and O–H groups in total. The molecule has 106 valence electrons. The van der Waals surface area contributed by atoms with Crippen LogP contribution in [0.4, 0.5) is 23.3 Å². The summed E-state index contributed by atoms with van der Waals surface area (Å²) < 4.78 is 5.56. The molecule has 0 saturated carbocycles. The van der Waals surface area contributed by atoms with Crippen molar-refractivity contribution < 1.29 is 4.74 Å². The summed E-state index contributed by atoms with van der Waals surface area (Å²) in [4.78, 5) is 8.28. The van der Waals surface area contributed by atoms with Gasteiger partial charge in [-0.15, -0.1) is 0 Å². The van der Waals surface area contributed by atoms with Crippen LogP contribution in [0.5, 0.6) is 5.75 Å². The first kappa shape index (κ1) is 13.9. The zero-order valence-corrected chi connectivity index (χ0v) is 11.7. The summed E-state index contributed by atoms with van der Waals surface area (Å²) in [5.41, 5.74) is 6.55. The molecule has 20 heavy (non-hydrogen) atoms. The molecule has 2 rings (SSSR count). The van der Waals surface area contributed by atoms with E-state index in [1.165, 1.54) is 0 Å². The predicted octanol–water partition coefficient (Wildman–Crippen LogP) is 2.63. The largest absolute Gasteiger partial charge is 0.492 e. The van der Waals surface area contributed by atoms with Crippen molar-refractivity contribution in [2.75, 3.05) is 29.5 Å². The lowest BCUT2D eigenvalue weighted by molar-refractivity contribution is 0.342. The first-order valence-electron chi connectivity index (χ1n) is 6.60. The van der Waals surface area contributed by atoms with Crippen LogP contribution >= 0.6 is 0 Å². The lowest BCUT2D eigenvalue weighted by Crippen LogP contribution is -2.06. The van der Waals surface area contributed by atoms with Crippen LogP contribution in [0.25, 0.3) is 0 Å². The van der Waals surface area contributed by atoms with Gasteiger partial charge in [0.05, 0.1) is 12.3 Å². The minimum atomic E-state index is 0.222. The highest BCUT2D eigenvalue weighted by Gasteiger charge is 2.06. The van der Waals surface area contributed by atoms with Gasteiger partial charge in [0, 0.05) is 12.6 Å². The molecule has 6 heteroatoms. The molecular formula is C14H19N5O. The second-order valence-corrected chi connectivity index (χ2v) is 4.08. The van der Waals surface area contributed by atoms with Gasteiger partial charge in [-0.1, -0.05) is 12.1 Å². The molecular weight excluding hydrogens is 254 g/mol. The Bertz CT molecular complexity index is 573. The minimum Gasteiger partial charge on any atom is -0.492 e. The molecule has 2 aromatic rings. The number of nitrogens with two attached hydrogens (primary N) is 1. The highest BCUT2D eigenvalue weighted by Crippen LogP contribution is 2.27. The van der Waals surface area contributed by atoms with Crippen molar-refractivity contribution in [3.8, 4) is 5.75 Å². The van der Waals surface area contributed by atoms with E-state index in [9.17, 15) is 0 Å². The molecule has 1 aromatic carbocycles. The number of para-hydroxylation sites is 2. The molecule has 0 amide bonds. The normalized spacial score (nSPS) is 10.1. The fourth-order valence-corrected chi connectivity index (χ4v) is 1.79. The topological polar surface area (TPSA) is 85.1 Å². The highest BCUT2D eigenvalue weighted by atomic mass is 16.5. The van der Waals surface area contributed by atoms with Gasteiger partial charge in [0.2, 0.25) is 5.95 Å². The summed E-state index contributed by atoms with van der Waals surface area (Å²) in [7, 11) is 0. The number of nitrogens with one attached hydrogen (secondary N) is 2. The van der Waals surface area contributed by atoms with E-state index < -0.39 is 0 Å². The maximum Gasteiger partial charge on any atom is 0.223 e. The van der Waals surface area contributed by atoms with Crippen molar-refractivity contribution in [2.24, 2.45) is 0 Å². The van der Waals surface area contributed by atoms with Crippen molar-refractivity contribution >= 4 is 23.3 Å². The van der Waals surface area contributed by atoms with E-state index in [4.69, 9.17) is 10.5 Å². The standard InChI is InChI=1S/C14H19N5O/c1-3-16-12-9-13(19-14(15)18-12)17-10-7-5-6-8-11(10)20-4-2/h5-9H,3-4H2,1-2H3,(H4,15,16,17,18,19). The second kappa shape index (κ2) is 6.60. The summed E-state index contributed by atoms with van der Waals surface area (Å²) in [5, 5.41) is 6.31. The Morgan fingerprint density at radius 2 is 1.90 bits per heavy atom. The maximum absolute atomic E-state index is 5.71. The van der Waals surface area contributed by atoms with Gasteiger partial charge < -0.3 is 21.1 Å². The quantitative estimate of drug-likeness (QED) is 0.750. The van der Waals surface area contributed by atoms with Gasteiger partial charge in [-0.05, 0) is 26.0 Å². The number of rotatable bonds is 6. The average molecular weight is 273 g/mol. The number of nitrogen functional groups attached to an aromatic ring is 1. The first-order valence-corrected chi connectivity index (χ1v) is 6.60. The Morgan fingerprint density at radius 3 is 2.65 bits per heavy atom. The van der Waals surface area contributed by atoms with Crippen LogP contribution in [0.15, 0.2) is 30.3 Å². The molecule has 0 radical (unpaired) electrons. The fraction of sp³-hybridized carbons (Fsp3) is 0.286. The maximum atomic E-state index is 5.71. The van der Waals surface area contributed by atoms with E-state index >= 15 is 0 Å². The third-order valence-electron chi connectivity index (χ3n) is 2.55. The lowest BCUT2D eigenvalue weighted by atomic mass is 10.3. The fourth-order valence-electron chi connectivity index (χ4n) is 1.79. The number of aromatic nitrogens is 2. The minimum absolute atomic E-state index is 0.222. The van der Waals surface area contributed by atoms with E-state index in [0.29, 0.717) is 18.2 Å². The molecule has 0 unspecified atom stereocenters. The van der Waals surface area contributed by atoms with Crippen molar-refractivity contribution in [3.05, 3.63) is 30.3 Å². The molecule has 0 atom stereocenters. The van der Waals surface area contributed by atoms with Gasteiger partial charge in [0.1, 0.15) is 17.4 Å². The summed E-state index contributed by atoms with van der Waals surface area (Å²) in [6.07, 6.45) is 0. The van der Waals surface area contributed by atoms with Crippen LogP contribution in [0.1, 0.15) is 13.8 Å². The number of ether oxygens (including phenoxy) is 1. The summed E-state index contributed by atoms with van der Waals surface area (Å²) in [5.74, 6) is 2.31. The van der Waals surface area contributed by atoms with E-state index in [2.05, 4.69) is 20.6 Å². The molecule has 1 heterocycles. The number of hydrogen-bond acceptors (Lipinski definition) is 6. The summed E-state index contributed by atoms with van der Waals surface area (Å²) >= 11 is 0. The molecule has 0 bridgehead atoms. The molecule has 0 spiro atoms. The van der Waals surface area contributed by atoms with Crippen molar-refractivity contribution in [2.45, 2.75) is 13.8 Å². The zero-order chi connectivity index (χ0) is 14.4. The predicted molar refractivity (Wildman–Crippen MR) is 81.5 cm³/mol. The molecule has 0 saturated heterocycles. The molecule has 0 aliphatic heterocycles. The molecule has 0 aliphatic carbocycles. The first-order chi connectivity index (χ1) is 9.72. The van der Waals surface area contributed by atoms with E-state index in [1.54, 1.807) is 0 Å². The van der Waals surface area contributed by atoms with E-state index in [0.717, 1.165) is 18.0 Å². The second-order valence-electron chi connectivity index (χ2n) is 4.08. The molecule has 0 fully saturated rings. The Hall–Kier alpha value is -2.50. The Kier molecular flexibility index (Phi) is 4.60. The van der Waals surface area contributed by atoms with Crippen LogP contribution in [0, 0.1) is 0 Å². The molecule has 1 aromatic heterocycles. The number of hydrogen-bond donors (Lipinski definition) is 3. The van der Waals surface area contributed by atoms with Crippen LogP contribution in [0.3, 0.4) is 0 Å². The van der Waals surface area contributed by atoms with Gasteiger partial charge in [-0.25, -0.2) is 0 Å². The van der Waals surface area contributed by atoms with Crippen LogP contribution < -0.4 is 21.1 Å². The summed E-state index contributed by atoms with van der Waals surface area (Å²) in [6.45, 7) is 5.32. The third-order valence-corrected chi connectivity index (χ3v) is 2.55. The van der Waals surface area contributed by atoms with Gasteiger partial charge in [-0.2, -0.15) is 9.97 Å². The van der Waals surface area contributed by atoms with Crippen LogP contribution in [-0.2, 0) is 0 Å². The van der Waals surface area contributed by atoms with Gasteiger partial charge in [0.25, 0.3) is 0 Å². The van der Waals surface area contributed by atoms with E-state index in [1.807, 2.05) is 44.2 Å². The Morgan fingerprint density at radius 1 is 1.15 bits per heavy atom. The number of anilines is 4. The van der Waals surface area contributed by atoms with Gasteiger partial charge in [0.15, 0.2) is 0 Å². The third kappa shape index (κ3) is 3.50. The van der Waals surface area contributed by atoms with Gasteiger partial charge >= 0.3 is 0 Å². The smallest absolute Gasteiger partial charge is 0.223 e. The van der Waals surface area contributed by atoms with Gasteiger partial charge in [-0.3, -0.25) is 0 Å². The number of benzene rings is 1. The SMILES string of the molecule is CCNc1cc(Nc2ccccc2OCC)nc(N)n1. The van der Waals surface area contributed by atoms with Crippen LogP contribution in [0.2, 0.25) is 0 Å². The van der Waals surface area contributed by atoms with Crippen LogP contribution in [-0.4, -0.2) is 23.1 Å². The van der Waals surface area contributed by atoms with Crippen molar-refractivity contribution in [1.29, 1.82) is 0 Å². The Labute approximate surface area is 118 Å².